The first-order valence-corrected chi connectivity index (χ1v) is 8.32. The quantitative estimate of drug-likeness (QED) is 0.880. The molecule has 0 atom stereocenters. The minimum atomic E-state index is -0.0381. The van der Waals surface area contributed by atoms with Gasteiger partial charge in [-0.15, -0.1) is 22.7 Å². The van der Waals surface area contributed by atoms with Crippen molar-refractivity contribution in [3.63, 3.8) is 0 Å². The molecule has 1 N–H and O–H groups in total. The zero-order chi connectivity index (χ0) is 14.5. The van der Waals surface area contributed by atoms with E-state index in [9.17, 15) is 4.79 Å². The Morgan fingerprint density at radius 3 is 2.85 bits per heavy atom. The molecule has 0 saturated heterocycles. The van der Waals surface area contributed by atoms with Crippen LogP contribution in [-0.2, 0) is 11.3 Å². The van der Waals surface area contributed by atoms with Gasteiger partial charge in [-0.3, -0.25) is 9.69 Å². The molecule has 0 fully saturated rings. The number of thiazole rings is 1. The van der Waals surface area contributed by atoms with Gasteiger partial charge in [-0.25, -0.2) is 4.98 Å². The van der Waals surface area contributed by atoms with Crippen LogP contribution in [-0.4, -0.2) is 28.9 Å². The molecule has 0 bridgehead atoms. The SMILES string of the molecule is CCN(CC(=O)Nc1nc(C)cs1)Cc1ccc(Cl)s1. The van der Waals surface area contributed by atoms with Crippen LogP contribution < -0.4 is 5.32 Å². The van der Waals surface area contributed by atoms with Gasteiger partial charge in [0.2, 0.25) is 5.91 Å². The van der Waals surface area contributed by atoms with Crippen LogP contribution in [0.5, 0.6) is 0 Å². The van der Waals surface area contributed by atoms with Gasteiger partial charge in [0.1, 0.15) is 0 Å². The molecule has 4 nitrogen and oxygen atoms in total. The first-order chi connectivity index (χ1) is 9.56. The molecule has 0 aromatic carbocycles. The second-order valence-electron chi connectivity index (χ2n) is 4.35. The minimum absolute atomic E-state index is 0.0381. The van der Waals surface area contributed by atoms with Crippen molar-refractivity contribution in [2.45, 2.75) is 20.4 Å². The van der Waals surface area contributed by atoms with E-state index in [2.05, 4.69) is 15.2 Å². The highest BCUT2D eigenvalue weighted by Crippen LogP contribution is 2.22. The Hall–Kier alpha value is -0.950. The van der Waals surface area contributed by atoms with E-state index in [1.165, 1.54) is 11.3 Å². The highest BCUT2D eigenvalue weighted by molar-refractivity contribution is 7.16. The van der Waals surface area contributed by atoms with Gasteiger partial charge < -0.3 is 5.32 Å². The number of likely N-dealkylation sites (N-methyl/N-ethyl adjacent to an activating group) is 1. The molecule has 0 saturated carbocycles. The fourth-order valence-electron chi connectivity index (χ4n) is 1.71. The summed E-state index contributed by atoms with van der Waals surface area (Å²) < 4.78 is 0.777. The number of carbonyl (C=O) groups is 1. The fourth-order valence-corrected chi connectivity index (χ4v) is 3.54. The number of hydrogen-bond acceptors (Lipinski definition) is 5. The first-order valence-electron chi connectivity index (χ1n) is 6.25. The lowest BCUT2D eigenvalue weighted by molar-refractivity contribution is -0.117. The Morgan fingerprint density at radius 1 is 1.50 bits per heavy atom. The number of carbonyl (C=O) groups excluding carboxylic acids is 1. The molecule has 0 aliphatic rings. The van der Waals surface area contributed by atoms with E-state index >= 15 is 0 Å². The number of amides is 1. The number of aromatic nitrogens is 1. The summed E-state index contributed by atoms with van der Waals surface area (Å²) >= 11 is 8.91. The highest BCUT2D eigenvalue weighted by Gasteiger charge is 2.12. The maximum atomic E-state index is 12.0. The van der Waals surface area contributed by atoms with Crippen molar-refractivity contribution in [2.75, 3.05) is 18.4 Å². The number of halogens is 1. The zero-order valence-corrected chi connectivity index (χ0v) is 13.7. The highest BCUT2D eigenvalue weighted by atomic mass is 35.5. The van der Waals surface area contributed by atoms with Gasteiger partial charge in [-0.1, -0.05) is 18.5 Å². The molecule has 7 heteroatoms. The average molecular weight is 330 g/mol. The minimum Gasteiger partial charge on any atom is -0.301 e. The molecular weight excluding hydrogens is 314 g/mol. The first kappa shape index (κ1) is 15.4. The molecule has 20 heavy (non-hydrogen) atoms. The molecule has 0 aliphatic carbocycles. The van der Waals surface area contributed by atoms with Crippen molar-refractivity contribution >= 4 is 45.3 Å². The Bertz CT molecular complexity index is 582. The van der Waals surface area contributed by atoms with Gasteiger partial charge in [-0.2, -0.15) is 0 Å². The third-order valence-corrected chi connectivity index (χ3v) is 4.78. The van der Waals surface area contributed by atoms with E-state index in [1.54, 1.807) is 11.3 Å². The Labute approximate surface area is 131 Å². The number of nitrogens with one attached hydrogen (secondary N) is 1. The molecule has 1 amide bonds. The van der Waals surface area contributed by atoms with Crippen LogP contribution in [0, 0.1) is 6.92 Å². The summed E-state index contributed by atoms with van der Waals surface area (Å²) in [5.74, 6) is -0.0381. The van der Waals surface area contributed by atoms with Crippen molar-refractivity contribution in [3.8, 4) is 0 Å². The predicted octanol–water partition coefficient (Wildman–Crippen LogP) is 3.63. The summed E-state index contributed by atoms with van der Waals surface area (Å²) in [7, 11) is 0. The van der Waals surface area contributed by atoms with Gasteiger partial charge in [0.15, 0.2) is 5.13 Å². The van der Waals surface area contributed by atoms with E-state index in [1.807, 2.05) is 31.4 Å². The fraction of sp³-hybridized carbons (Fsp3) is 0.385. The molecule has 0 spiro atoms. The smallest absolute Gasteiger partial charge is 0.240 e. The molecule has 108 valence electrons. The van der Waals surface area contributed by atoms with Crippen LogP contribution in [0.1, 0.15) is 17.5 Å². The predicted molar refractivity (Wildman–Crippen MR) is 85.8 cm³/mol. The molecule has 2 aromatic rings. The summed E-state index contributed by atoms with van der Waals surface area (Å²) in [6.07, 6.45) is 0. The van der Waals surface area contributed by atoms with Crippen molar-refractivity contribution in [3.05, 3.63) is 32.4 Å². The van der Waals surface area contributed by atoms with Gasteiger partial charge in [0.25, 0.3) is 0 Å². The summed E-state index contributed by atoms with van der Waals surface area (Å²) in [6.45, 7) is 5.84. The third kappa shape index (κ3) is 4.56. The normalized spacial score (nSPS) is 11.0. The van der Waals surface area contributed by atoms with Gasteiger partial charge >= 0.3 is 0 Å². The van der Waals surface area contributed by atoms with Crippen LogP contribution in [0.15, 0.2) is 17.5 Å². The topological polar surface area (TPSA) is 45.2 Å². The summed E-state index contributed by atoms with van der Waals surface area (Å²) in [5.41, 5.74) is 0.922. The second kappa shape index (κ2) is 7.17. The molecule has 2 aromatic heterocycles. The number of anilines is 1. The maximum Gasteiger partial charge on any atom is 0.240 e. The van der Waals surface area contributed by atoms with E-state index in [4.69, 9.17) is 11.6 Å². The van der Waals surface area contributed by atoms with Crippen LogP contribution >= 0.6 is 34.3 Å². The zero-order valence-electron chi connectivity index (χ0n) is 11.4. The Balaban J connectivity index is 1.87. The summed E-state index contributed by atoms with van der Waals surface area (Å²) in [5, 5.41) is 5.40. The lowest BCUT2D eigenvalue weighted by atomic mass is 10.4. The van der Waals surface area contributed by atoms with Crippen LogP contribution in [0.3, 0.4) is 0 Å². The van der Waals surface area contributed by atoms with Crippen molar-refractivity contribution in [2.24, 2.45) is 0 Å². The number of nitrogens with zero attached hydrogens (tertiary/aromatic N) is 2. The Morgan fingerprint density at radius 2 is 2.30 bits per heavy atom. The molecular formula is C13H16ClN3OS2. The molecule has 0 unspecified atom stereocenters. The third-order valence-electron chi connectivity index (χ3n) is 2.69. The molecule has 2 rings (SSSR count). The van der Waals surface area contributed by atoms with Crippen LogP contribution in [0.25, 0.3) is 0 Å². The van der Waals surface area contributed by atoms with E-state index < -0.39 is 0 Å². The standard InChI is InChI=1S/C13H16ClN3OS2/c1-3-17(6-10-4-5-11(14)20-10)7-12(18)16-13-15-9(2)8-19-13/h4-5,8H,3,6-7H2,1-2H3,(H,15,16,18). The molecule has 2 heterocycles. The van der Waals surface area contributed by atoms with E-state index in [-0.39, 0.29) is 5.91 Å². The molecule has 0 radical (unpaired) electrons. The van der Waals surface area contributed by atoms with E-state index in [0.717, 1.165) is 28.0 Å². The monoisotopic (exact) mass is 329 g/mol. The van der Waals surface area contributed by atoms with Crippen molar-refractivity contribution in [1.29, 1.82) is 0 Å². The van der Waals surface area contributed by atoms with Gasteiger partial charge in [-0.05, 0) is 25.6 Å². The van der Waals surface area contributed by atoms with Crippen molar-refractivity contribution in [1.82, 2.24) is 9.88 Å². The lowest BCUT2D eigenvalue weighted by Crippen LogP contribution is -2.32. The summed E-state index contributed by atoms with van der Waals surface area (Å²) in [6, 6.07) is 3.88. The Kier molecular flexibility index (Phi) is 5.54. The second-order valence-corrected chi connectivity index (χ2v) is 7.01. The van der Waals surface area contributed by atoms with Gasteiger partial charge in [0.05, 0.1) is 16.6 Å². The lowest BCUT2D eigenvalue weighted by Gasteiger charge is -2.18. The van der Waals surface area contributed by atoms with Crippen LogP contribution in [0.4, 0.5) is 5.13 Å². The largest absolute Gasteiger partial charge is 0.301 e. The number of aryl methyl sites for hydroxylation is 1. The maximum absolute atomic E-state index is 12.0. The molecule has 0 aliphatic heterocycles. The summed E-state index contributed by atoms with van der Waals surface area (Å²) in [4.78, 5) is 19.4. The number of rotatable bonds is 6. The van der Waals surface area contributed by atoms with Crippen molar-refractivity contribution < 1.29 is 4.79 Å². The van der Waals surface area contributed by atoms with Gasteiger partial charge in [0, 0.05) is 16.8 Å². The van der Waals surface area contributed by atoms with Crippen LogP contribution in [0.2, 0.25) is 4.34 Å². The number of thiophene rings is 1. The number of hydrogen-bond donors (Lipinski definition) is 1. The van der Waals surface area contributed by atoms with E-state index in [0.29, 0.717) is 11.7 Å². The average Bonchev–Trinajstić information content (AvgIpc) is 2.97.